The number of carbonyl (C=O) groups is 1. The molecule has 0 aliphatic rings. The lowest BCUT2D eigenvalue weighted by Crippen LogP contribution is -2.25. The Labute approximate surface area is 141 Å². The van der Waals surface area contributed by atoms with Crippen LogP contribution < -0.4 is 14.8 Å². The summed E-state index contributed by atoms with van der Waals surface area (Å²) in [6.45, 7) is -0.152. The predicted molar refractivity (Wildman–Crippen MR) is 82.3 cm³/mol. The summed E-state index contributed by atoms with van der Waals surface area (Å²) in [6, 6.07) is 10.1. The highest BCUT2D eigenvalue weighted by Crippen LogP contribution is 2.27. The van der Waals surface area contributed by atoms with Crippen molar-refractivity contribution in [2.75, 3.05) is 7.11 Å². The minimum atomic E-state index is -4.81. The summed E-state index contributed by atoms with van der Waals surface area (Å²) in [5.74, 6) is -0.601. The van der Waals surface area contributed by atoms with Gasteiger partial charge in [-0.1, -0.05) is 29.8 Å². The zero-order chi connectivity index (χ0) is 17.7. The van der Waals surface area contributed by atoms with Crippen LogP contribution in [0.5, 0.6) is 11.5 Å². The van der Waals surface area contributed by atoms with Gasteiger partial charge in [0.25, 0.3) is 5.91 Å². The number of alkyl halides is 3. The lowest BCUT2D eigenvalue weighted by atomic mass is 10.1. The molecular formula is C16H13ClF3NO3. The first-order valence-electron chi connectivity index (χ1n) is 6.75. The van der Waals surface area contributed by atoms with Gasteiger partial charge in [0.15, 0.2) is 0 Å². The number of carbonyl (C=O) groups excluding carboxylic acids is 1. The molecule has 0 spiro atoms. The molecule has 2 aromatic carbocycles. The maximum atomic E-state index is 12.4. The first-order valence-corrected chi connectivity index (χ1v) is 7.13. The molecular weight excluding hydrogens is 347 g/mol. The second kappa shape index (κ2) is 7.44. The van der Waals surface area contributed by atoms with Crippen LogP contribution in [0.15, 0.2) is 42.5 Å². The van der Waals surface area contributed by atoms with E-state index in [1.54, 1.807) is 12.1 Å². The second-order valence-electron chi connectivity index (χ2n) is 4.68. The fourth-order valence-corrected chi connectivity index (χ4v) is 2.17. The fraction of sp³-hybridized carbons (Fsp3) is 0.188. The van der Waals surface area contributed by atoms with Crippen LogP contribution in [0.3, 0.4) is 0 Å². The Bertz CT molecular complexity index is 735. The minimum absolute atomic E-state index is 0.152. The molecule has 128 valence electrons. The summed E-state index contributed by atoms with van der Waals surface area (Å²) in [5, 5.41) is 2.85. The molecule has 0 saturated heterocycles. The number of hydrogen-bond acceptors (Lipinski definition) is 3. The molecule has 0 heterocycles. The van der Waals surface area contributed by atoms with Crippen LogP contribution in [0.2, 0.25) is 5.02 Å². The van der Waals surface area contributed by atoms with E-state index in [0.29, 0.717) is 10.8 Å². The van der Waals surface area contributed by atoms with E-state index in [0.717, 1.165) is 0 Å². The summed E-state index contributed by atoms with van der Waals surface area (Å²) in [6.07, 6.45) is -4.81. The molecule has 0 aliphatic carbocycles. The van der Waals surface area contributed by atoms with Crippen LogP contribution >= 0.6 is 11.6 Å². The number of ether oxygens (including phenoxy) is 2. The molecule has 2 aromatic rings. The van der Waals surface area contributed by atoms with E-state index in [-0.39, 0.29) is 23.4 Å². The van der Waals surface area contributed by atoms with Crippen LogP contribution in [0.4, 0.5) is 13.2 Å². The van der Waals surface area contributed by atoms with E-state index >= 15 is 0 Å². The molecule has 1 N–H and O–H groups in total. The number of amides is 1. The smallest absolute Gasteiger partial charge is 0.496 e. The van der Waals surface area contributed by atoms with Gasteiger partial charge in [-0.3, -0.25) is 4.79 Å². The van der Waals surface area contributed by atoms with Gasteiger partial charge in [-0.15, -0.1) is 13.2 Å². The zero-order valence-corrected chi connectivity index (χ0v) is 13.2. The lowest BCUT2D eigenvalue weighted by molar-refractivity contribution is -0.274. The van der Waals surface area contributed by atoms with Gasteiger partial charge in [-0.25, -0.2) is 0 Å². The highest BCUT2D eigenvalue weighted by molar-refractivity contribution is 6.31. The highest BCUT2D eigenvalue weighted by Gasteiger charge is 2.32. The van der Waals surface area contributed by atoms with Crippen LogP contribution in [0, 0.1) is 0 Å². The van der Waals surface area contributed by atoms with E-state index in [4.69, 9.17) is 16.3 Å². The molecule has 8 heteroatoms. The van der Waals surface area contributed by atoms with E-state index in [1.807, 2.05) is 0 Å². The second-order valence-corrected chi connectivity index (χ2v) is 5.12. The summed E-state index contributed by atoms with van der Waals surface area (Å²) in [7, 11) is 1.40. The normalized spacial score (nSPS) is 11.0. The summed E-state index contributed by atoms with van der Waals surface area (Å²) in [5.41, 5.74) is 0.364. The van der Waals surface area contributed by atoms with Crippen molar-refractivity contribution in [3.05, 3.63) is 58.6 Å². The Kier molecular flexibility index (Phi) is 5.56. The van der Waals surface area contributed by atoms with E-state index in [9.17, 15) is 18.0 Å². The highest BCUT2D eigenvalue weighted by atomic mass is 35.5. The number of halogens is 4. The van der Waals surface area contributed by atoms with Crippen molar-refractivity contribution >= 4 is 17.5 Å². The molecule has 24 heavy (non-hydrogen) atoms. The molecule has 2 rings (SSSR count). The number of para-hydroxylation sites is 1. The number of methoxy groups -OCH3 is 1. The van der Waals surface area contributed by atoms with Crippen molar-refractivity contribution in [3.8, 4) is 11.5 Å². The molecule has 1 amide bonds. The standard InChI is InChI=1S/C16H13ClF3NO3/c1-23-14-7-6-11(17)8-12(14)15(22)21-9-10-4-2-3-5-13(10)24-16(18,19)20/h2-8H,9H2,1H3,(H,21,22). The average Bonchev–Trinajstić information content (AvgIpc) is 2.52. The third-order valence-corrected chi connectivity index (χ3v) is 3.28. The molecule has 0 fully saturated rings. The first-order chi connectivity index (χ1) is 11.3. The molecule has 0 bridgehead atoms. The number of benzene rings is 2. The van der Waals surface area contributed by atoms with Crippen LogP contribution in [0.1, 0.15) is 15.9 Å². The molecule has 0 aromatic heterocycles. The van der Waals surface area contributed by atoms with Gasteiger partial charge in [0.2, 0.25) is 0 Å². The monoisotopic (exact) mass is 359 g/mol. The Morgan fingerprint density at radius 1 is 1.17 bits per heavy atom. The van der Waals surface area contributed by atoms with Crippen molar-refractivity contribution in [2.24, 2.45) is 0 Å². The van der Waals surface area contributed by atoms with Crippen LogP contribution in [-0.2, 0) is 6.54 Å². The third-order valence-electron chi connectivity index (χ3n) is 3.04. The van der Waals surface area contributed by atoms with Crippen LogP contribution in [0.25, 0.3) is 0 Å². The Hall–Kier alpha value is -2.41. The average molecular weight is 360 g/mol. The maximum Gasteiger partial charge on any atom is 0.573 e. The van der Waals surface area contributed by atoms with Crippen molar-refractivity contribution in [1.29, 1.82) is 0 Å². The largest absolute Gasteiger partial charge is 0.573 e. The van der Waals surface area contributed by atoms with Crippen molar-refractivity contribution in [1.82, 2.24) is 5.32 Å². The first kappa shape index (κ1) is 17.9. The molecule has 0 unspecified atom stereocenters. The van der Waals surface area contributed by atoms with Gasteiger partial charge in [0.05, 0.1) is 12.7 Å². The van der Waals surface area contributed by atoms with Crippen molar-refractivity contribution < 1.29 is 27.4 Å². The van der Waals surface area contributed by atoms with E-state index < -0.39 is 12.3 Å². The minimum Gasteiger partial charge on any atom is -0.496 e. The van der Waals surface area contributed by atoms with Gasteiger partial charge in [0.1, 0.15) is 11.5 Å². The van der Waals surface area contributed by atoms with Crippen molar-refractivity contribution in [3.63, 3.8) is 0 Å². The quantitative estimate of drug-likeness (QED) is 0.871. The van der Waals surface area contributed by atoms with E-state index in [1.165, 1.54) is 37.4 Å². The summed E-state index contributed by atoms with van der Waals surface area (Å²) < 4.78 is 46.2. The number of hydrogen-bond donors (Lipinski definition) is 1. The molecule has 4 nitrogen and oxygen atoms in total. The van der Waals surface area contributed by atoms with Crippen molar-refractivity contribution in [2.45, 2.75) is 12.9 Å². The Morgan fingerprint density at radius 3 is 2.54 bits per heavy atom. The molecule has 0 aliphatic heterocycles. The molecule has 0 atom stereocenters. The van der Waals surface area contributed by atoms with Gasteiger partial charge in [-0.2, -0.15) is 0 Å². The summed E-state index contributed by atoms with van der Waals surface area (Å²) in [4.78, 5) is 12.2. The van der Waals surface area contributed by atoms with Gasteiger partial charge < -0.3 is 14.8 Å². The number of rotatable bonds is 5. The Balaban J connectivity index is 2.14. The predicted octanol–water partition coefficient (Wildman–Crippen LogP) is 4.18. The van der Waals surface area contributed by atoms with Crippen LogP contribution in [-0.4, -0.2) is 19.4 Å². The topological polar surface area (TPSA) is 47.6 Å². The molecule has 0 saturated carbocycles. The molecule has 0 radical (unpaired) electrons. The van der Waals surface area contributed by atoms with Gasteiger partial charge in [-0.05, 0) is 24.3 Å². The lowest BCUT2D eigenvalue weighted by Gasteiger charge is -2.14. The fourth-order valence-electron chi connectivity index (χ4n) is 2.00. The SMILES string of the molecule is COc1ccc(Cl)cc1C(=O)NCc1ccccc1OC(F)(F)F. The van der Waals surface area contributed by atoms with Gasteiger partial charge in [0, 0.05) is 17.1 Å². The Morgan fingerprint density at radius 2 is 1.88 bits per heavy atom. The third kappa shape index (κ3) is 4.79. The maximum absolute atomic E-state index is 12.4. The van der Waals surface area contributed by atoms with E-state index in [2.05, 4.69) is 10.1 Å². The van der Waals surface area contributed by atoms with Gasteiger partial charge >= 0.3 is 6.36 Å². The number of nitrogens with one attached hydrogen (secondary N) is 1. The summed E-state index contributed by atoms with van der Waals surface area (Å²) >= 11 is 5.85. The zero-order valence-electron chi connectivity index (χ0n) is 12.5.